The molecule has 1 aliphatic carbocycles. The maximum Gasteiger partial charge on any atom is 0.0126 e. The molecular weight excluding hydrogens is 156 g/mol. The molecule has 3 atom stereocenters. The highest BCUT2D eigenvalue weighted by Gasteiger charge is 2.28. The molecule has 0 amide bonds. The SMILES string of the molecule is C#CCC1[C@H](C=C)CCC[C@@H]1C=C. The fraction of sp³-hybridized carbons (Fsp3) is 0.538. The van der Waals surface area contributed by atoms with Crippen molar-refractivity contribution in [3.05, 3.63) is 25.3 Å². The minimum atomic E-state index is 0.591. The third-order valence-corrected chi connectivity index (χ3v) is 3.13. The Morgan fingerprint density at radius 3 is 2.15 bits per heavy atom. The van der Waals surface area contributed by atoms with E-state index in [9.17, 15) is 0 Å². The average Bonchev–Trinajstić information content (AvgIpc) is 2.18. The summed E-state index contributed by atoms with van der Waals surface area (Å²) in [6, 6.07) is 0. The molecule has 0 aromatic heterocycles. The van der Waals surface area contributed by atoms with Crippen molar-refractivity contribution in [1.29, 1.82) is 0 Å². The molecule has 1 unspecified atom stereocenters. The molecule has 13 heavy (non-hydrogen) atoms. The summed E-state index contributed by atoms with van der Waals surface area (Å²) in [5.74, 6) is 4.57. The van der Waals surface area contributed by atoms with E-state index in [2.05, 4.69) is 31.2 Å². The van der Waals surface area contributed by atoms with Crippen molar-refractivity contribution in [2.75, 3.05) is 0 Å². The van der Waals surface area contributed by atoms with Crippen LogP contribution >= 0.6 is 0 Å². The fourth-order valence-corrected chi connectivity index (χ4v) is 2.36. The van der Waals surface area contributed by atoms with Crippen LogP contribution in [0, 0.1) is 30.1 Å². The Morgan fingerprint density at radius 1 is 1.23 bits per heavy atom. The fourth-order valence-electron chi connectivity index (χ4n) is 2.36. The largest absolute Gasteiger partial charge is 0.120 e. The lowest BCUT2D eigenvalue weighted by molar-refractivity contribution is 0.228. The van der Waals surface area contributed by atoms with Crippen LogP contribution in [0.2, 0.25) is 0 Å². The van der Waals surface area contributed by atoms with Gasteiger partial charge in [-0.1, -0.05) is 18.6 Å². The van der Waals surface area contributed by atoms with Gasteiger partial charge in [0.15, 0.2) is 0 Å². The van der Waals surface area contributed by atoms with E-state index in [-0.39, 0.29) is 0 Å². The molecule has 0 radical (unpaired) electrons. The van der Waals surface area contributed by atoms with Crippen molar-refractivity contribution in [1.82, 2.24) is 0 Å². The quantitative estimate of drug-likeness (QED) is 0.454. The normalized spacial score (nSPS) is 33.3. The van der Waals surface area contributed by atoms with E-state index in [1.165, 1.54) is 19.3 Å². The summed E-state index contributed by atoms with van der Waals surface area (Å²) in [4.78, 5) is 0. The second-order valence-electron chi connectivity index (χ2n) is 3.80. The second kappa shape index (κ2) is 4.92. The lowest BCUT2D eigenvalue weighted by Gasteiger charge is -2.34. The first-order chi connectivity index (χ1) is 6.33. The van der Waals surface area contributed by atoms with Crippen LogP contribution in [0.5, 0.6) is 0 Å². The molecule has 1 fully saturated rings. The maximum atomic E-state index is 5.37. The molecule has 1 aliphatic rings. The van der Waals surface area contributed by atoms with Gasteiger partial charge in [-0.15, -0.1) is 25.5 Å². The molecule has 0 bridgehead atoms. The van der Waals surface area contributed by atoms with Crippen LogP contribution in [-0.4, -0.2) is 0 Å². The van der Waals surface area contributed by atoms with Gasteiger partial charge in [0.1, 0.15) is 0 Å². The van der Waals surface area contributed by atoms with Gasteiger partial charge in [-0.2, -0.15) is 0 Å². The molecule has 0 nitrogen and oxygen atoms in total. The van der Waals surface area contributed by atoms with Crippen molar-refractivity contribution < 1.29 is 0 Å². The topological polar surface area (TPSA) is 0 Å². The summed E-state index contributed by atoms with van der Waals surface area (Å²) in [5.41, 5.74) is 0. The van der Waals surface area contributed by atoms with Gasteiger partial charge in [-0.3, -0.25) is 0 Å². The molecular formula is C13H18. The number of hydrogen-bond acceptors (Lipinski definition) is 0. The smallest absolute Gasteiger partial charge is 0.0126 e. The highest BCUT2D eigenvalue weighted by Crippen LogP contribution is 2.37. The predicted molar refractivity (Wildman–Crippen MR) is 58.2 cm³/mol. The second-order valence-corrected chi connectivity index (χ2v) is 3.80. The van der Waals surface area contributed by atoms with Crippen LogP contribution in [0.1, 0.15) is 25.7 Å². The third-order valence-electron chi connectivity index (χ3n) is 3.13. The van der Waals surface area contributed by atoms with Gasteiger partial charge in [0.25, 0.3) is 0 Å². The van der Waals surface area contributed by atoms with E-state index in [0.717, 1.165) is 6.42 Å². The Labute approximate surface area is 81.7 Å². The molecule has 0 aliphatic heterocycles. The molecule has 0 saturated heterocycles. The zero-order valence-electron chi connectivity index (χ0n) is 8.21. The van der Waals surface area contributed by atoms with Gasteiger partial charge in [-0.05, 0) is 30.6 Å². The lowest BCUT2D eigenvalue weighted by Crippen LogP contribution is -2.25. The molecule has 70 valence electrons. The summed E-state index contributed by atoms with van der Waals surface area (Å²) in [6.07, 6.45) is 14.2. The van der Waals surface area contributed by atoms with Gasteiger partial charge in [0.05, 0.1) is 0 Å². The van der Waals surface area contributed by atoms with Crippen molar-refractivity contribution in [3.8, 4) is 12.3 Å². The summed E-state index contributed by atoms with van der Waals surface area (Å²) < 4.78 is 0. The number of rotatable bonds is 3. The van der Waals surface area contributed by atoms with E-state index in [0.29, 0.717) is 17.8 Å². The number of hydrogen-bond donors (Lipinski definition) is 0. The minimum absolute atomic E-state index is 0.591. The van der Waals surface area contributed by atoms with Crippen LogP contribution in [0.3, 0.4) is 0 Å². The standard InChI is InChI=1S/C13H18/c1-4-8-13-11(5-2)9-7-10-12(13)6-3/h1,5-6,11-13H,2-3,7-10H2/t11-,12+,13?. The predicted octanol–water partition coefficient (Wildman–Crippen LogP) is 3.41. The molecule has 0 heteroatoms. The van der Waals surface area contributed by atoms with Gasteiger partial charge < -0.3 is 0 Å². The van der Waals surface area contributed by atoms with Crippen molar-refractivity contribution >= 4 is 0 Å². The molecule has 0 aromatic carbocycles. The Kier molecular flexibility index (Phi) is 3.83. The van der Waals surface area contributed by atoms with Crippen LogP contribution in [0.25, 0.3) is 0 Å². The summed E-state index contributed by atoms with van der Waals surface area (Å²) in [6.45, 7) is 7.77. The Bertz CT molecular complexity index is 203. The van der Waals surface area contributed by atoms with Crippen LogP contribution < -0.4 is 0 Å². The van der Waals surface area contributed by atoms with Crippen molar-refractivity contribution in [3.63, 3.8) is 0 Å². The number of terminal acetylenes is 1. The van der Waals surface area contributed by atoms with Crippen LogP contribution in [0.15, 0.2) is 25.3 Å². The minimum Gasteiger partial charge on any atom is -0.120 e. The Hall–Kier alpha value is -0.960. The molecule has 0 heterocycles. The van der Waals surface area contributed by atoms with Gasteiger partial charge >= 0.3 is 0 Å². The van der Waals surface area contributed by atoms with E-state index in [4.69, 9.17) is 6.42 Å². The Morgan fingerprint density at radius 2 is 1.77 bits per heavy atom. The van der Waals surface area contributed by atoms with Crippen molar-refractivity contribution in [2.45, 2.75) is 25.7 Å². The van der Waals surface area contributed by atoms with E-state index in [1.807, 2.05) is 0 Å². The molecule has 0 aromatic rings. The van der Waals surface area contributed by atoms with E-state index < -0.39 is 0 Å². The molecule has 1 rings (SSSR count). The first-order valence-corrected chi connectivity index (χ1v) is 5.02. The maximum absolute atomic E-state index is 5.37. The molecule has 1 saturated carbocycles. The van der Waals surface area contributed by atoms with E-state index in [1.54, 1.807) is 0 Å². The van der Waals surface area contributed by atoms with E-state index >= 15 is 0 Å². The van der Waals surface area contributed by atoms with Gasteiger partial charge in [0.2, 0.25) is 0 Å². The van der Waals surface area contributed by atoms with Gasteiger partial charge in [0, 0.05) is 6.42 Å². The first kappa shape index (κ1) is 10.1. The summed E-state index contributed by atoms with van der Waals surface area (Å²) >= 11 is 0. The van der Waals surface area contributed by atoms with Crippen molar-refractivity contribution in [2.24, 2.45) is 17.8 Å². The Balaban J connectivity index is 2.70. The highest BCUT2D eigenvalue weighted by atomic mass is 14.3. The zero-order chi connectivity index (χ0) is 9.68. The summed E-state index contributed by atoms with van der Waals surface area (Å²) in [5, 5.41) is 0. The lowest BCUT2D eigenvalue weighted by atomic mass is 9.71. The average molecular weight is 174 g/mol. The monoisotopic (exact) mass is 174 g/mol. The highest BCUT2D eigenvalue weighted by molar-refractivity contribution is 5.01. The van der Waals surface area contributed by atoms with Crippen LogP contribution in [0.4, 0.5) is 0 Å². The van der Waals surface area contributed by atoms with Crippen LogP contribution in [-0.2, 0) is 0 Å². The van der Waals surface area contributed by atoms with Gasteiger partial charge in [-0.25, -0.2) is 0 Å². The molecule has 0 spiro atoms. The first-order valence-electron chi connectivity index (χ1n) is 5.02. The zero-order valence-corrected chi connectivity index (χ0v) is 8.21. The number of allylic oxidation sites excluding steroid dienone is 2. The molecule has 0 N–H and O–H groups in total. The third kappa shape index (κ3) is 2.25. The summed E-state index contributed by atoms with van der Waals surface area (Å²) in [7, 11) is 0.